The zero-order valence-electron chi connectivity index (χ0n) is 19.6. The lowest BCUT2D eigenvalue weighted by Crippen LogP contribution is -2.72. The van der Waals surface area contributed by atoms with Crippen LogP contribution in [0.25, 0.3) is 0 Å². The monoisotopic (exact) mass is 482 g/mol. The van der Waals surface area contributed by atoms with Crippen LogP contribution in [0.15, 0.2) is 42.5 Å². The molecule has 1 N–H and O–H groups in total. The van der Waals surface area contributed by atoms with Crippen LogP contribution in [0.5, 0.6) is 0 Å². The van der Waals surface area contributed by atoms with Crippen LogP contribution in [-0.2, 0) is 16.0 Å². The predicted molar refractivity (Wildman–Crippen MR) is 128 cm³/mol. The Morgan fingerprint density at radius 2 is 1.83 bits per heavy atom. The van der Waals surface area contributed by atoms with E-state index in [2.05, 4.69) is 5.32 Å². The highest BCUT2D eigenvalue weighted by atomic mass is 19.1. The van der Waals surface area contributed by atoms with Crippen molar-refractivity contribution in [3.05, 3.63) is 64.0 Å². The van der Waals surface area contributed by atoms with Crippen LogP contribution in [0.3, 0.4) is 0 Å². The topological polar surface area (TPSA) is 113 Å². The molecule has 4 rings (SSSR count). The molecule has 0 saturated carbocycles. The second kappa shape index (κ2) is 9.44. The molecule has 0 unspecified atom stereocenters. The third-order valence-corrected chi connectivity index (χ3v) is 6.81. The number of nitrogens with one attached hydrogen (secondary N) is 1. The first kappa shape index (κ1) is 24.3. The molecule has 0 aliphatic carbocycles. The van der Waals surface area contributed by atoms with E-state index in [-0.39, 0.29) is 17.8 Å². The molecule has 9 nitrogen and oxygen atoms in total. The molecular formula is C25H27FN4O5. The van der Waals surface area contributed by atoms with Gasteiger partial charge < -0.3 is 4.90 Å². The van der Waals surface area contributed by atoms with Gasteiger partial charge in [-0.05, 0) is 48.7 Å². The van der Waals surface area contributed by atoms with Gasteiger partial charge in [0.2, 0.25) is 5.91 Å². The number of nitro groups is 1. The molecule has 184 valence electrons. The van der Waals surface area contributed by atoms with E-state index in [1.807, 2.05) is 18.7 Å². The average molecular weight is 483 g/mol. The summed E-state index contributed by atoms with van der Waals surface area (Å²) >= 11 is 0. The van der Waals surface area contributed by atoms with Crippen molar-refractivity contribution in [3.63, 3.8) is 0 Å². The first-order chi connectivity index (χ1) is 16.7. The fourth-order valence-electron chi connectivity index (χ4n) is 5.17. The van der Waals surface area contributed by atoms with E-state index in [1.54, 1.807) is 6.07 Å². The number of nitro benzene ring substituents is 1. The molecule has 2 heterocycles. The van der Waals surface area contributed by atoms with E-state index in [4.69, 9.17) is 0 Å². The molecule has 0 bridgehead atoms. The van der Waals surface area contributed by atoms with E-state index in [1.165, 1.54) is 24.3 Å². The molecule has 2 aliphatic rings. The molecular weight excluding hydrogens is 455 g/mol. The van der Waals surface area contributed by atoms with Crippen molar-refractivity contribution in [2.24, 2.45) is 5.41 Å². The smallest absolute Gasteiger partial charge is 0.335 e. The Kier molecular flexibility index (Phi) is 6.56. The largest absolute Gasteiger partial charge is 0.367 e. The Hall–Kier alpha value is -3.82. The number of unbranched alkanes of at least 4 members (excludes halogenated alkanes) is 1. The molecule has 2 aromatic rings. The predicted octanol–water partition coefficient (Wildman–Crippen LogP) is 4.33. The maximum atomic E-state index is 14.1. The zero-order valence-corrected chi connectivity index (χ0v) is 19.6. The lowest BCUT2D eigenvalue weighted by Gasteiger charge is -2.52. The van der Waals surface area contributed by atoms with Gasteiger partial charge in [-0.15, -0.1) is 0 Å². The van der Waals surface area contributed by atoms with E-state index < -0.39 is 40.0 Å². The van der Waals surface area contributed by atoms with Crippen LogP contribution >= 0.6 is 0 Å². The summed E-state index contributed by atoms with van der Waals surface area (Å²) in [7, 11) is 0. The van der Waals surface area contributed by atoms with Crippen molar-refractivity contribution >= 4 is 34.9 Å². The number of hydrogen-bond donors (Lipinski definition) is 1. The summed E-state index contributed by atoms with van der Waals surface area (Å²) in [6.45, 7) is 4.52. The highest BCUT2D eigenvalue weighted by Gasteiger charge is 2.62. The third kappa shape index (κ3) is 4.02. The fourth-order valence-corrected chi connectivity index (χ4v) is 5.17. The number of carbonyl (C=O) groups is 3. The third-order valence-electron chi connectivity index (χ3n) is 6.81. The van der Waals surface area contributed by atoms with Gasteiger partial charge in [-0.3, -0.25) is 25.0 Å². The van der Waals surface area contributed by atoms with Crippen molar-refractivity contribution in [2.45, 2.75) is 52.0 Å². The number of urea groups is 1. The molecule has 10 heteroatoms. The maximum Gasteiger partial charge on any atom is 0.335 e. The van der Waals surface area contributed by atoms with Gasteiger partial charge in [0.1, 0.15) is 5.82 Å². The molecule has 1 saturated heterocycles. The highest BCUT2D eigenvalue weighted by Crippen LogP contribution is 2.47. The van der Waals surface area contributed by atoms with Gasteiger partial charge in [0, 0.05) is 30.8 Å². The van der Waals surface area contributed by atoms with E-state index in [9.17, 15) is 28.9 Å². The first-order valence-electron chi connectivity index (χ1n) is 11.7. The van der Waals surface area contributed by atoms with Gasteiger partial charge in [0.25, 0.3) is 11.6 Å². The number of barbiturate groups is 1. The van der Waals surface area contributed by atoms with Crippen LogP contribution in [0.2, 0.25) is 0 Å². The number of benzene rings is 2. The van der Waals surface area contributed by atoms with E-state index in [0.717, 1.165) is 35.6 Å². The molecule has 0 aromatic heterocycles. The average Bonchev–Trinajstić information content (AvgIpc) is 2.83. The van der Waals surface area contributed by atoms with Crippen LogP contribution < -0.4 is 15.1 Å². The summed E-state index contributed by atoms with van der Waals surface area (Å²) in [6, 6.07) is 7.91. The van der Waals surface area contributed by atoms with Crippen molar-refractivity contribution in [3.8, 4) is 0 Å². The quantitative estimate of drug-likeness (QED) is 0.357. The number of fused-ring (bicyclic) bond motifs is 1. The van der Waals surface area contributed by atoms with Gasteiger partial charge in [-0.25, -0.2) is 14.1 Å². The van der Waals surface area contributed by atoms with Crippen molar-refractivity contribution in [1.29, 1.82) is 0 Å². The summed E-state index contributed by atoms with van der Waals surface area (Å²) in [4.78, 5) is 54.3. The maximum absolute atomic E-state index is 14.1. The molecule has 1 spiro atoms. The normalized spacial score (nSPS) is 21.8. The van der Waals surface area contributed by atoms with Crippen molar-refractivity contribution < 1.29 is 23.7 Å². The molecule has 2 aliphatic heterocycles. The van der Waals surface area contributed by atoms with E-state index in [0.29, 0.717) is 24.9 Å². The van der Waals surface area contributed by atoms with Gasteiger partial charge in [-0.2, -0.15) is 0 Å². The molecule has 4 amide bonds. The number of hydrogen-bond acceptors (Lipinski definition) is 6. The summed E-state index contributed by atoms with van der Waals surface area (Å²) in [5.74, 6) is -1.96. The summed E-state index contributed by atoms with van der Waals surface area (Å²) in [5.41, 5.74) is -0.438. The Morgan fingerprint density at radius 3 is 2.46 bits per heavy atom. The first-order valence-corrected chi connectivity index (χ1v) is 11.7. The van der Waals surface area contributed by atoms with Crippen molar-refractivity contribution in [1.82, 2.24) is 5.32 Å². The molecule has 2 atom stereocenters. The lowest BCUT2D eigenvalue weighted by molar-refractivity contribution is -0.384. The van der Waals surface area contributed by atoms with Crippen LogP contribution in [-0.4, -0.2) is 35.4 Å². The lowest BCUT2D eigenvalue weighted by atomic mass is 9.67. The van der Waals surface area contributed by atoms with Gasteiger partial charge in [0.15, 0.2) is 5.41 Å². The summed E-state index contributed by atoms with van der Waals surface area (Å²) in [5, 5.41) is 13.8. The molecule has 1 fully saturated rings. The molecule has 0 radical (unpaired) electrons. The second-order valence-corrected chi connectivity index (χ2v) is 8.95. The fraction of sp³-hybridized carbons (Fsp3) is 0.400. The number of non-ortho nitro benzene ring substituents is 1. The molecule has 2 aromatic carbocycles. The van der Waals surface area contributed by atoms with Gasteiger partial charge >= 0.3 is 6.03 Å². The minimum atomic E-state index is -1.69. The minimum Gasteiger partial charge on any atom is -0.367 e. The Bertz CT molecular complexity index is 1180. The van der Waals surface area contributed by atoms with Crippen molar-refractivity contribution in [2.75, 3.05) is 16.3 Å². The van der Waals surface area contributed by atoms with E-state index >= 15 is 0 Å². The number of anilines is 2. The second-order valence-electron chi connectivity index (χ2n) is 8.95. The Labute approximate surface area is 202 Å². The number of imide groups is 2. The summed E-state index contributed by atoms with van der Waals surface area (Å²) < 4.78 is 13.5. The highest BCUT2D eigenvalue weighted by molar-refractivity contribution is 6.30. The molecule has 35 heavy (non-hydrogen) atoms. The van der Waals surface area contributed by atoms with Crippen LogP contribution in [0.4, 0.5) is 26.2 Å². The Morgan fingerprint density at radius 1 is 1.11 bits per heavy atom. The standard InChI is InChI=1S/C25H27FN4O5/c1-3-5-13-28-20-12-11-19(30(34)35)14-16(20)15-25(21(28)6-4-2)22(31)27-24(33)29(23(25)32)18-9-7-17(26)8-10-18/h7-12,14,21H,3-6,13,15H2,1-2H3,(H,27,31,33)/t21-,25+/m0/s1. The number of halogens is 1. The van der Waals surface area contributed by atoms with Gasteiger partial charge in [-0.1, -0.05) is 26.7 Å². The number of carbonyl (C=O) groups excluding carboxylic acids is 3. The Balaban J connectivity index is 1.91. The number of nitrogens with zero attached hydrogens (tertiary/aromatic N) is 3. The zero-order chi connectivity index (χ0) is 25.3. The van der Waals surface area contributed by atoms with Crippen LogP contribution in [0.1, 0.15) is 45.1 Å². The SMILES string of the molecule is CCCCN1c2ccc([N+](=O)[O-])cc2C[C@]2(C(=O)NC(=O)N(c3ccc(F)cc3)C2=O)[C@@H]1CCC. The minimum absolute atomic E-state index is 0.0903. The van der Waals surface area contributed by atoms with Crippen LogP contribution in [0, 0.1) is 21.3 Å². The number of amides is 4. The summed E-state index contributed by atoms with van der Waals surface area (Å²) in [6.07, 6.45) is 2.72. The van der Waals surface area contributed by atoms with Gasteiger partial charge in [0.05, 0.1) is 16.7 Å². The number of rotatable bonds is 7.